The van der Waals surface area contributed by atoms with Gasteiger partial charge in [0, 0.05) is 36.3 Å². The van der Waals surface area contributed by atoms with Crippen LogP contribution in [0, 0.1) is 0 Å². The summed E-state index contributed by atoms with van der Waals surface area (Å²) in [4.78, 5) is 14.8. The summed E-state index contributed by atoms with van der Waals surface area (Å²) in [5, 5.41) is 0. The standard InChI is InChI=1S/C51H42N6/c1-4-48-52-42-16-7-10-19-45(42)55(48)37-28-22-34(23-29-37)40-14-13-15-41(35-24-30-38(31-25-35)56-46-20-11-8-17-43(46)53-49(56)5-2)51(40)36-26-32-39(33-27-36)57-47-21-12-9-18-44(47)54-50(57)6-3/h7-33H,4-6H2,1-3H3. The molecule has 0 saturated heterocycles. The van der Waals surface area contributed by atoms with Crippen molar-refractivity contribution >= 4 is 33.1 Å². The van der Waals surface area contributed by atoms with Gasteiger partial charge in [-0.1, -0.05) is 112 Å². The van der Waals surface area contributed by atoms with Crippen molar-refractivity contribution in [2.45, 2.75) is 40.0 Å². The second-order valence-electron chi connectivity index (χ2n) is 14.5. The van der Waals surface area contributed by atoms with Crippen LogP contribution in [0.5, 0.6) is 0 Å². The molecule has 0 N–H and O–H groups in total. The Labute approximate surface area is 332 Å². The molecule has 6 nitrogen and oxygen atoms in total. The van der Waals surface area contributed by atoms with Gasteiger partial charge in [0.1, 0.15) is 17.5 Å². The van der Waals surface area contributed by atoms with Crippen molar-refractivity contribution in [3.05, 3.63) is 181 Å². The molecule has 10 aromatic rings. The Bertz CT molecular complexity index is 2910. The van der Waals surface area contributed by atoms with Gasteiger partial charge in [-0.15, -0.1) is 0 Å². The van der Waals surface area contributed by atoms with Crippen LogP contribution in [0.15, 0.2) is 164 Å². The summed E-state index contributed by atoms with van der Waals surface area (Å²) in [6.45, 7) is 6.50. The van der Waals surface area contributed by atoms with Gasteiger partial charge < -0.3 is 0 Å². The summed E-state index contributed by atoms with van der Waals surface area (Å²) in [6, 6.07) is 58.8. The number of benzene rings is 7. The van der Waals surface area contributed by atoms with E-state index in [9.17, 15) is 0 Å². The number of rotatable bonds is 9. The quantitative estimate of drug-likeness (QED) is 0.148. The Morgan fingerprint density at radius 1 is 0.333 bits per heavy atom. The van der Waals surface area contributed by atoms with Gasteiger partial charge in [-0.05, 0) is 106 Å². The maximum absolute atomic E-state index is 4.95. The van der Waals surface area contributed by atoms with Crippen LogP contribution in [0.1, 0.15) is 38.2 Å². The first kappa shape index (κ1) is 34.4. The van der Waals surface area contributed by atoms with Gasteiger partial charge in [0.05, 0.1) is 33.1 Å². The molecule has 0 fully saturated rings. The Balaban J connectivity index is 1.11. The van der Waals surface area contributed by atoms with Crippen molar-refractivity contribution in [2.75, 3.05) is 0 Å². The lowest BCUT2D eigenvalue weighted by Crippen LogP contribution is -2.01. The molecule has 0 saturated carbocycles. The SMILES string of the molecule is CCc1nc2ccccc2n1-c1ccc(-c2cccc(-c3ccc(-n4c(CC)nc5ccccc54)cc3)c2-c2ccc(-n3c(CC)nc4ccccc43)cc2)cc1. The highest BCUT2D eigenvalue weighted by Gasteiger charge is 2.18. The molecule has 0 atom stereocenters. The van der Waals surface area contributed by atoms with Gasteiger partial charge in [-0.3, -0.25) is 13.7 Å². The number of fused-ring (bicyclic) bond motifs is 3. The predicted molar refractivity (Wildman–Crippen MR) is 235 cm³/mol. The van der Waals surface area contributed by atoms with Crippen LogP contribution in [0.4, 0.5) is 0 Å². The molecular formula is C51H42N6. The molecular weight excluding hydrogens is 697 g/mol. The van der Waals surface area contributed by atoms with Crippen molar-refractivity contribution in [1.29, 1.82) is 0 Å². The summed E-state index contributed by atoms with van der Waals surface area (Å²) in [7, 11) is 0. The third-order valence-corrected chi connectivity index (χ3v) is 11.2. The van der Waals surface area contributed by atoms with Gasteiger partial charge in [0.15, 0.2) is 0 Å². The molecule has 0 aliphatic heterocycles. The van der Waals surface area contributed by atoms with E-state index in [4.69, 9.17) is 15.0 Å². The number of imidazole rings is 3. The first-order valence-electron chi connectivity index (χ1n) is 20.0. The van der Waals surface area contributed by atoms with Crippen molar-refractivity contribution in [3.63, 3.8) is 0 Å². The fraction of sp³-hybridized carbons (Fsp3) is 0.118. The second kappa shape index (κ2) is 14.2. The number of hydrogen-bond acceptors (Lipinski definition) is 3. The van der Waals surface area contributed by atoms with E-state index in [0.717, 1.165) is 104 Å². The normalized spacial score (nSPS) is 11.6. The molecule has 0 unspecified atom stereocenters. The van der Waals surface area contributed by atoms with Crippen LogP contribution in [0.3, 0.4) is 0 Å². The minimum atomic E-state index is 0.846. The molecule has 10 rings (SSSR count). The topological polar surface area (TPSA) is 53.5 Å². The summed E-state index contributed by atoms with van der Waals surface area (Å²) >= 11 is 0. The van der Waals surface area contributed by atoms with Crippen molar-refractivity contribution < 1.29 is 0 Å². The van der Waals surface area contributed by atoms with Crippen molar-refractivity contribution in [2.24, 2.45) is 0 Å². The van der Waals surface area contributed by atoms with E-state index in [-0.39, 0.29) is 0 Å². The molecule has 0 spiro atoms. The molecule has 57 heavy (non-hydrogen) atoms. The Kier molecular flexibility index (Phi) is 8.59. The van der Waals surface area contributed by atoms with E-state index in [1.54, 1.807) is 0 Å². The first-order valence-corrected chi connectivity index (χ1v) is 20.0. The average Bonchev–Trinajstić information content (AvgIpc) is 3.97. The van der Waals surface area contributed by atoms with E-state index in [0.29, 0.717) is 0 Å². The van der Waals surface area contributed by atoms with Gasteiger partial charge >= 0.3 is 0 Å². The van der Waals surface area contributed by atoms with Gasteiger partial charge in [0.25, 0.3) is 0 Å². The lowest BCUT2D eigenvalue weighted by molar-refractivity contribution is 0.908. The van der Waals surface area contributed by atoms with E-state index >= 15 is 0 Å². The van der Waals surface area contributed by atoms with E-state index in [2.05, 4.69) is 198 Å². The number of aryl methyl sites for hydroxylation is 3. The van der Waals surface area contributed by atoms with Crippen LogP contribution in [0.2, 0.25) is 0 Å². The fourth-order valence-electron chi connectivity index (χ4n) is 8.51. The van der Waals surface area contributed by atoms with Crippen molar-refractivity contribution in [3.8, 4) is 50.4 Å². The van der Waals surface area contributed by atoms with Gasteiger partial charge in [-0.2, -0.15) is 0 Å². The van der Waals surface area contributed by atoms with Crippen LogP contribution < -0.4 is 0 Å². The molecule has 0 radical (unpaired) electrons. The first-order chi connectivity index (χ1) is 28.1. The molecule has 0 aliphatic carbocycles. The molecule has 0 aliphatic rings. The number of para-hydroxylation sites is 6. The molecule has 3 aromatic heterocycles. The van der Waals surface area contributed by atoms with Crippen molar-refractivity contribution in [1.82, 2.24) is 28.7 Å². The Hall–Kier alpha value is -7.05. The lowest BCUT2D eigenvalue weighted by atomic mass is 9.87. The smallest absolute Gasteiger partial charge is 0.114 e. The number of aromatic nitrogens is 6. The monoisotopic (exact) mass is 738 g/mol. The Morgan fingerprint density at radius 3 is 0.982 bits per heavy atom. The van der Waals surface area contributed by atoms with Crippen LogP contribution in [-0.2, 0) is 19.3 Å². The zero-order valence-electron chi connectivity index (χ0n) is 32.4. The zero-order chi connectivity index (χ0) is 38.5. The molecule has 6 heteroatoms. The maximum Gasteiger partial charge on any atom is 0.114 e. The van der Waals surface area contributed by atoms with E-state index in [1.807, 2.05) is 0 Å². The highest BCUT2D eigenvalue weighted by molar-refractivity contribution is 5.95. The maximum atomic E-state index is 4.95. The third-order valence-electron chi connectivity index (χ3n) is 11.2. The van der Waals surface area contributed by atoms with E-state index in [1.165, 1.54) is 16.7 Å². The average molecular weight is 739 g/mol. The summed E-state index contributed by atoms with van der Waals surface area (Å²) in [5.74, 6) is 3.17. The minimum absolute atomic E-state index is 0.846. The molecule has 0 amide bonds. The summed E-state index contributed by atoms with van der Waals surface area (Å²) in [6.07, 6.45) is 2.55. The minimum Gasteiger partial charge on any atom is -0.296 e. The molecule has 3 heterocycles. The van der Waals surface area contributed by atoms with Gasteiger partial charge in [0.2, 0.25) is 0 Å². The van der Waals surface area contributed by atoms with E-state index < -0.39 is 0 Å². The summed E-state index contributed by atoms with van der Waals surface area (Å²) in [5.41, 5.74) is 16.8. The largest absolute Gasteiger partial charge is 0.296 e. The second-order valence-corrected chi connectivity index (χ2v) is 14.5. The summed E-state index contributed by atoms with van der Waals surface area (Å²) < 4.78 is 6.86. The molecule has 7 aromatic carbocycles. The molecule has 276 valence electrons. The predicted octanol–water partition coefficient (Wildman–Crippen LogP) is 12.4. The van der Waals surface area contributed by atoms with Gasteiger partial charge in [-0.25, -0.2) is 15.0 Å². The molecule has 0 bridgehead atoms. The Morgan fingerprint density at radius 2 is 0.649 bits per heavy atom. The highest BCUT2D eigenvalue weighted by Crippen LogP contribution is 2.41. The zero-order valence-corrected chi connectivity index (χ0v) is 32.4. The third kappa shape index (κ3) is 5.84. The van der Waals surface area contributed by atoms with Crippen LogP contribution in [0.25, 0.3) is 83.5 Å². The number of nitrogens with zero attached hydrogens (tertiary/aromatic N) is 6. The highest BCUT2D eigenvalue weighted by atomic mass is 15.1. The lowest BCUT2D eigenvalue weighted by Gasteiger charge is -2.18. The number of hydrogen-bond donors (Lipinski definition) is 0. The van der Waals surface area contributed by atoms with Crippen LogP contribution >= 0.6 is 0 Å². The van der Waals surface area contributed by atoms with Crippen LogP contribution in [-0.4, -0.2) is 28.7 Å². The fourth-order valence-corrected chi connectivity index (χ4v) is 8.51.